The molecule has 0 bridgehead atoms. The summed E-state index contributed by atoms with van der Waals surface area (Å²) >= 11 is 1.42. The van der Waals surface area contributed by atoms with Crippen LogP contribution < -0.4 is 5.69 Å². The summed E-state index contributed by atoms with van der Waals surface area (Å²) in [5, 5.41) is 9.31. The maximum atomic E-state index is 14.5. The van der Waals surface area contributed by atoms with Gasteiger partial charge in [0.2, 0.25) is 0 Å². The van der Waals surface area contributed by atoms with Gasteiger partial charge in [-0.1, -0.05) is 6.07 Å². The summed E-state index contributed by atoms with van der Waals surface area (Å²) in [7, 11) is 0. The van der Waals surface area contributed by atoms with Crippen molar-refractivity contribution in [3.63, 3.8) is 0 Å². The van der Waals surface area contributed by atoms with Gasteiger partial charge in [-0.05, 0) is 17.7 Å². The molecule has 3 heterocycles. The molecule has 0 amide bonds. The largest absolute Gasteiger partial charge is 0.344 e. The van der Waals surface area contributed by atoms with E-state index < -0.39 is 11.5 Å². The highest BCUT2D eigenvalue weighted by atomic mass is 32.1. The quantitative estimate of drug-likeness (QED) is 0.597. The lowest BCUT2D eigenvalue weighted by Gasteiger charge is -2.03. The van der Waals surface area contributed by atoms with E-state index in [0.29, 0.717) is 22.0 Å². The second-order valence-electron chi connectivity index (χ2n) is 4.85. The van der Waals surface area contributed by atoms with E-state index in [4.69, 9.17) is 0 Å². The van der Waals surface area contributed by atoms with Crippen LogP contribution in [0.25, 0.3) is 33.3 Å². The summed E-state index contributed by atoms with van der Waals surface area (Å²) in [6.07, 6.45) is 4.54. The smallest absolute Gasteiger partial charge is 0.312 e. The minimum absolute atomic E-state index is 0.254. The molecule has 0 atom stereocenters. The van der Waals surface area contributed by atoms with E-state index in [-0.39, 0.29) is 11.4 Å². The number of rotatable bonds is 3. The number of nitrogens with zero attached hydrogens (tertiary/aromatic N) is 4. The zero-order valence-corrected chi connectivity index (χ0v) is 12.8. The Morgan fingerprint density at radius 3 is 2.79 bits per heavy atom. The third kappa shape index (κ3) is 2.61. The molecule has 0 fully saturated rings. The van der Waals surface area contributed by atoms with Crippen molar-refractivity contribution in [1.29, 1.82) is 0 Å². The SMILES string of the molecule is O=c1ncc(-c2ccc(-c3n[nH]c(-c4nccs4)n3)c(F)c2)c[nH]1. The van der Waals surface area contributed by atoms with E-state index in [1.807, 2.05) is 5.38 Å². The average Bonchev–Trinajstić information content (AvgIpc) is 3.27. The molecule has 4 aromatic rings. The van der Waals surface area contributed by atoms with Crippen molar-refractivity contribution in [3.05, 3.63) is 58.5 Å². The van der Waals surface area contributed by atoms with Crippen LogP contribution in [0, 0.1) is 5.82 Å². The predicted molar refractivity (Wildman–Crippen MR) is 86.7 cm³/mol. The van der Waals surface area contributed by atoms with Crippen molar-refractivity contribution < 1.29 is 4.39 Å². The fourth-order valence-electron chi connectivity index (χ4n) is 2.19. The van der Waals surface area contributed by atoms with Crippen LogP contribution in [-0.4, -0.2) is 30.1 Å². The van der Waals surface area contributed by atoms with Gasteiger partial charge < -0.3 is 4.98 Å². The number of aromatic amines is 2. The fourth-order valence-corrected chi connectivity index (χ4v) is 2.77. The van der Waals surface area contributed by atoms with Crippen molar-refractivity contribution in [2.24, 2.45) is 0 Å². The number of H-pyrrole nitrogens is 2. The number of hydrogen-bond acceptors (Lipinski definition) is 6. The molecule has 4 rings (SSSR count). The molecule has 9 heteroatoms. The van der Waals surface area contributed by atoms with Gasteiger partial charge in [-0.25, -0.2) is 24.1 Å². The Bertz CT molecular complexity index is 1040. The van der Waals surface area contributed by atoms with Crippen molar-refractivity contribution in [1.82, 2.24) is 30.1 Å². The molecule has 1 aromatic carbocycles. The van der Waals surface area contributed by atoms with Crippen LogP contribution in [0.2, 0.25) is 0 Å². The number of thiazole rings is 1. The van der Waals surface area contributed by atoms with Gasteiger partial charge in [0.1, 0.15) is 5.82 Å². The average molecular weight is 340 g/mol. The lowest BCUT2D eigenvalue weighted by molar-refractivity contribution is 0.630. The molecule has 24 heavy (non-hydrogen) atoms. The van der Waals surface area contributed by atoms with Crippen LogP contribution in [0.1, 0.15) is 0 Å². The second kappa shape index (κ2) is 5.78. The van der Waals surface area contributed by atoms with Crippen LogP contribution in [0.3, 0.4) is 0 Å². The van der Waals surface area contributed by atoms with Gasteiger partial charge in [0.25, 0.3) is 0 Å². The molecule has 2 N–H and O–H groups in total. The Hall–Kier alpha value is -3.20. The Morgan fingerprint density at radius 2 is 2.08 bits per heavy atom. The molecule has 0 saturated carbocycles. The summed E-state index contributed by atoms with van der Waals surface area (Å²) in [6.45, 7) is 0. The van der Waals surface area contributed by atoms with Crippen LogP contribution >= 0.6 is 11.3 Å². The Balaban J connectivity index is 1.70. The number of nitrogens with one attached hydrogen (secondary N) is 2. The first kappa shape index (κ1) is 14.4. The van der Waals surface area contributed by atoms with Gasteiger partial charge in [0.15, 0.2) is 16.7 Å². The number of hydrogen-bond donors (Lipinski definition) is 2. The number of aromatic nitrogens is 6. The van der Waals surface area contributed by atoms with Gasteiger partial charge in [-0.2, -0.15) is 5.10 Å². The molecule has 7 nitrogen and oxygen atoms in total. The molecule has 0 unspecified atom stereocenters. The third-order valence-electron chi connectivity index (χ3n) is 3.34. The highest BCUT2D eigenvalue weighted by Crippen LogP contribution is 2.27. The minimum Gasteiger partial charge on any atom is -0.312 e. The van der Waals surface area contributed by atoms with E-state index in [1.54, 1.807) is 18.3 Å². The zero-order valence-electron chi connectivity index (χ0n) is 12.0. The van der Waals surface area contributed by atoms with Gasteiger partial charge in [0.05, 0.1) is 5.56 Å². The van der Waals surface area contributed by atoms with Crippen LogP contribution in [0.15, 0.2) is 47.0 Å². The first-order chi connectivity index (χ1) is 11.7. The highest BCUT2D eigenvalue weighted by molar-refractivity contribution is 7.12. The highest BCUT2D eigenvalue weighted by Gasteiger charge is 2.14. The monoisotopic (exact) mass is 340 g/mol. The van der Waals surface area contributed by atoms with Crippen LogP contribution in [-0.2, 0) is 0 Å². The number of halogens is 1. The third-order valence-corrected chi connectivity index (χ3v) is 4.12. The zero-order chi connectivity index (χ0) is 16.5. The Kier molecular flexibility index (Phi) is 3.47. The molecular formula is C15H9FN6OS. The Labute approximate surface area is 138 Å². The lowest BCUT2D eigenvalue weighted by atomic mass is 10.1. The van der Waals surface area contributed by atoms with E-state index >= 15 is 0 Å². The molecule has 0 aliphatic heterocycles. The molecule has 118 valence electrons. The summed E-state index contributed by atoms with van der Waals surface area (Å²) in [5.41, 5.74) is 1.02. The van der Waals surface area contributed by atoms with Crippen LogP contribution in [0.4, 0.5) is 4.39 Å². The van der Waals surface area contributed by atoms with Crippen molar-refractivity contribution in [2.75, 3.05) is 0 Å². The van der Waals surface area contributed by atoms with E-state index in [2.05, 4.69) is 30.1 Å². The molecule has 0 aliphatic rings. The van der Waals surface area contributed by atoms with Gasteiger partial charge >= 0.3 is 5.69 Å². The van der Waals surface area contributed by atoms with Gasteiger partial charge in [-0.3, -0.25) is 5.10 Å². The molecule has 0 spiro atoms. The van der Waals surface area contributed by atoms with Crippen LogP contribution in [0.5, 0.6) is 0 Å². The first-order valence-corrected chi connectivity index (χ1v) is 7.76. The fraction of sp³-hybridized carbons (Fsp3) is 0. The lowest BCUT2D eigenvalue weighted by Crippen LogP contribution is -2.07. The van der Waals surface area contributed by atoms with E-state index in [0.717, 1.165) is 0 Å². The summed E-state index contributed by atoms with van der Waals surface area (Å²) < 4.78 is 14.5. The summed E-state index contributed by atoms with van der Waals surface area (Å²) in [6, 6.07) is 4.65. The number of benzene rings is 1. The van der Waals surface area contributed by atoms with Crippen molar-refractivity contribution in [3.8, 4) is 33.3 Å². The first-order valence-electron chi connectivity index (χ1n) is 6.88. The topological polar surface area (TPSA) is 100 Å². The summed E-state index contributed by atoms with van der Waals surface area (Å²) in [4.78, 5) is 25.5. The maximum Gasteiger partial charge on any atom is 0.344 e. The van der Waals surface area contributed by atoms with Crippen molar-refractivity contribution in [2.45, 2.75) is 0 Å². The van der Waals surface area contributed by atoms with E-state index in [9.17, 15) is 9.18 Å². The maximum absolute atomic E-state index is 14.5. The standard InChI is InChI=1S/C15H9FN6OS/c16-11-5-8(9-6-18-15(23)19-7-9)1-2-10(11)12-20-13(22-21-12)14-17-3-4-24-14/h1-7H,(H,18,19,23)(H,20,21,22). The minimum atomic E-state index is -0.469. The molecule has 0 radical (unpaired) electrons. The molecule has 0 saturated heterocycles. The Morgan fingerprint density at radius 1 is 1.17 bits per heavy atom. The summed E-state index contributed by atoms with van der Waals surface area (Å²) in [5.74, 6) is 0.278. The molecular weight excluding hydrogens is 331 g/mol. The molecule has 3 aromatic heterocycles. The van der Waals surface area contributed by atoms with E-state index in [1.165, 1.54) is 29.8 Å². The van der Waals surface area contributed by atoms with Gasteiger partial charge in [-0.15, -0.1) is 11.3 Å². The van der Waals surface area contributed by atoms with Crippen molar-refractivity contribution >= 4 is 11.3 Å². The van der Waals surface area contributed by atoms with Gasteiger partial charge in [0, 0.05) is 29.5 Å². The predicted octanol–water partition coefficient (Wildman–Crippen LogP) is 2.48. The second-order valence-corrected chi connectivity index (χ2v) is 5.74. The molecule has 0 aliphatic carbocycles. The normalized spacial score (nSPS) is 10.9.